The highest BCUT2D eigenvalue weighted by atomic mass is 16.3. The molecule has 1 aliphatic heterocycles. The van der Waals surface area contributed by atoms with Crippen LogP contribution in [0, 0.1) is 0 Å². The Hall–Kier alpha value is -1.91. The fourth-order valence-corrected chi connectivity index (χ4v) is 3.06. The molecular weight excluding hydrogens is 286 g/mol. The third-order valence-corrected chi connectivity index (χ3v) is 4.47. The highest BCUT2D eigenvalue weighted by molar-refractivity contribution is 5.52. The number of rotatable bonds is 5. The molecule has 3 rings (SSSR count). The maximum absolute atomic E-state index is 9.65. The van der Waals surface area contributed by atoms with E-state index in [-0.39, 0.29) is 12.1 Å². The number of pyridine rings is 1. The molecule has 1 aromatic carbocycles. The highest BCUT2D eigenvalue weighted by Crippen LogP contribution is 2.23. The molecule has 0 aliphatic carbocycles. The van der Waals surface area contributed by atoms with Crippen LogP contribution in [0.25, 0.3) is 0 Å². The van der Waals surface area contributed by atoms with Crippen LogP contribution in [0.3, 0.4) is 0 Å². The zero-order valence-electron chi connectivity index (χ0n) is 13.7. The van der Waals surface area contributed by atoms with Crippen LogP contribution in [-0.4, -0.2) is 34.2 Å². The summed E-state index contributed by atoms with van der Waals surface area (Å²) in [6, 6.07) is 14.6. The number of para-hydroxylation sites is 1. The van der Waals surface area contributed by atoms with Crippen LogP contribution >= 0.6 is 0 Å². The molecule has 0 amide bonds. The van der Waals surface area contributed by atoms with Gasteiger partial charge in [-0.15, -0.1) is 0 Å². The lowest BCUT2D eigenvalue weighted by molar-refractivity contribution is 0.0793. The molecule has 4 heteroatoms. The normalized spacial score (nSPS) is 17.8. The number of piperidine rings is 1. The van der Waals surface area contributed by atoms with Gasteiger partial charge in [-0.1, -0.05) is 24.3 Å². The number of aromatic nitrogens is 1. The van der Waals surface area contributed by atoms with Gasteiger partial charge in [-0.05, 0) is 43.5 Å². The quantitative estimate of drug-likeness (QED) is 0.890. The SMILES string of the molecule is CC(Nc1ccccc1CN1CCC(O)CC1)c1ccccn1. The monoisotopic (exact) mass is 311 g/mol. The number of aliphatic hydroxyl groups is 1. The molecule has 1 saturated heterocycles. The van der Waals surface area contributed by atoms with Gasteiger partial charge in [-0.3, -0.25) is 9.88 Å². The van der Waals surface area contributed by atoms with Gasteiger partial charge in [-0.2, -0.15) is 0 Å². The van der Waals surface area contributed by atoms with Crippen LogP contribution in [0.4, 0.5) is 5.69 Å². The van der Waals surface area contributed by atoms with Gasteiger partial charge in [-0.25, -0.2) is 0 Å². The Morgan fingerprint density at radius 2 is 1.91 bits per heavy atom. The summed E-state index contributed by atoms with van der Waals surface area (Å²) in [5.74, 6) is 0. The average Bonchev–Trinajstić information content (AvgIpc) is 2.59. The second kappa shape index (κ2) is 7.57. The number of anilines is 1. The van der Waals surface area contributed by atoms with Gasteiger partial charge in [0.1, 0.15) is 0 Å². The Bertz CT molecular complexity index is 609. The first-order chi connectivity index (χ1) is 11.2. The number of nitrogens with zero attached hydrogens (tertiary/aromatic N) is 2. The van der Waals surface area contributed by atoms with E-state index in [1.807, 2.05) is 24.4 Å². The summed E-state index contributed by atoms with van der Waals surface area (Å²) in [5.41, 5.74) is 3.51. The van der Waals surface area contributed by atoms with Crippen LogP contribution in [0.1, 0.15) is 37.1 Å². The van der Waals surface area contributed by atoms with Crippen molar-refractivity contribution in [2.45, 2.75) is 38.5 Å². The van der Waals surface area contributed by atoms with Crippen molar-refractivity contribution in [1.29, 1.82) is 0 Å². The second-order valence-corrected chi connectivity index (χ2v) is 6.29. The lowest BCUT2D eigenvalue weighted by atomic mass is 10.1. The molecular formula is C19H25N3O. The first kappa shape index (κ1) is 16.0. The largest absolute Gasteiger partial charge is 0.393 e. The standard InChI is InChI=1S/C19H25N3O/c1-15(18-7-4-5-11-20-18)21-19-8-3-2-6-16(19)14-22-12-9-17(23)10-13-22/h2-8,11,15,17,21,23H,9-10,12-14H2,1H3. The van der Waals surface area contributed by atoms with Crippen LogP contribution in [0.5, 0.6) is 0 Å². The molecule has 0 radical (unpaired) electrons. The van der Waals surface area contributed by atoms with E-state index >= 15 is 0 Å². The van der Waals surface area contributed by atoms with E-state index in [0.717, 1.165) is 43.9 Å². The van der Waals surface area contributed by atoms with E-state index in [1.54, 1.807) is 0 Å². The Morgan fingerprint density at radius 3 is 2.65 bits per heavy atom. The van der Waals surface area contributed by atoms with E-state index in [9.17, 15) is 5.11 Å². The fourth-order valence-electron chi connectivity index (χ4n) is 3.06. The molecule has 2 N–H and O–H groups in total. The topological polar surface area (TPSA) is 48.4 Å². The molecule has 0 spiro atoms. The second-order valence-electron chi connectivity index (χ2n) is 6.29. The van der Waals surface area contributed by atoms with Gasteiger partial charge in [0.05, 0.1) is 17.8 Å². The predicted octanol–water partition coefficient (Wildman–Crippen LogP) is 3.21. The number of likely N-dealkylation sites (tertiary alicyclic amines) is 1. The molecule has 2 heterocycles. The van der Waals surface area contributed by atoms with Gasteiger partial charge >= 0.3 is 0 Å². The van der Waals surface area contributed by atoms with Crippen LogP contribution in [-0.2, 0) is 6.54 Å². The molecule has 1 atom stereocenters. The molecule has 1 fully saturated rings. The van der Waals surface area contributed by atoms with Gasteiger partial charge < -0.3 is 10.4 Å². The summed E-state index contributed by atoms with van der Waals surface area (Å²) >= 11 is 0. The maximum Gasteiger partial charge on any atom is 0.0657 e. The highest BCUT2D eigenvalue weighted by Gasteiger charge is 2.18. The molecule has 0 bridgehead atoms. The van der Waals surface area contributed by atoms with E-state index in [1.165, 1.54) is 5.56 Å². The lowest BCUT2D eigenvalue weighted by Crippen LogP contribution is -2.35. The summed E-state index contributed by atoms with van der Waals surface area (Å²) in [7, 11) is 0. The number of aliphatic hydroxyl groups excluding tert-OH is 1. The van der Waals surface area contributed by atoms with Gasteiger partial charge in [0.2, 0.25) is 0 Å². The molecule has 1 aromatic heterocycles. The van der Waals surface area contributed by atoms with E-state index in [0.29, 0.717) is 0 Å². The number of benzene rings is 1. The van der Waals surface area contributed by atoms with Crippen molar-refractivity contribution in [2.24, 2.45) is 0 Å². The molecule has 0 saturated carbocycles. The molecule has 122 valence electrons. The maximum atomic E-state index is 9.65. The molecule has 4 nitrogen and oxygen atoms in total. The van der Waals surface area contributed by atoms with Crippen molar-refractivity contribution in [1.82, 2.24) is 9.88 Å². The Labute approximate surface area is 138 Å². The molecule has 2 aromatic rings. The van der Waals surface area contributed by atoms with Crippen molar-refractivity contribution in [3.63, 3.8) is 0 Å². The third kappa shape index (κ3) is 4.30. The van der Waals surface area contributed by atoms with Crippen LogP contribution in [0.15, 0.2) is 48.7 Å². The van der Waals surface area contributed by atoms with Gasteiger partial charge in [0.25, 0.3) is 0 Å². The number of nitrogens with one attached hydrogen (secondary N) is 1. The third-order valence-electron chi connectivity index (χ3n) is 4.47. The van der Waals surface area contributed by atoms with Crippen molar-refractivity contribution in [2.75, 3.05) is 18.4 Å². The van der Waals surface area contributed by atoms with E-state index in [2.05, 4.69) is 46.4 Å². The zero-order chi connectivity index (χ0) is 16.1. The first-order valence-corrected chi connectivity index (χ1v) is 8.38. The summed E-state index contributed by atoms with van der Waals surface area (Å²) in [6.07, 6.45) is 3.46. The van der Waals surface area contributed by atoms with Crippen molar-refractivity contribution in [3.8, 4) is 0 Å². The Morgan fingerprint density at radius 1 is 1.17 bits per heavy atom. The van der Waals surface area contributed by atoms with E-state index < -0.39 is 0 Å². The minimum Gasteiger partial charge on any atom is -0.393 e. The fraction of sp³-hybridized carbons (Fsp3) is 0.421. The van der Waals surface area contributed by atoms with Gasteiger partial charge in [0.15, 0.2) is 0 Å². The predicted molar refractivity (Wildman–Crippen MR) is 93.2 cm³/mol. The summed E-state index contributed by atoms with van der Waals surface area (Å²) in [5, 5.41) is 13.2. The molecule has 1 unspecified atom stereocenters. The number of hydrogen-bond donors (Lipinski definition) is 2. The van der Waals surface area contributed by atoms with Crippen molar-refractivity contribution in [3.05, 3.63) is 59.9 Å². The minimum atomic E-state index is -0.121. The van der Waals surface area contributed by atoms with Crippen LogP contribution < -0.4 is 5.32 Å². The summed E-state index contributed by atoms with van der Waals surface area (Å²) < 4.78 is 0. The lowest BCUT2D eigenvalue weighted by Gasteiger charge is -2.30. The Balaban J connectivity index is 1.68. The van der Waals surface area contributed by atoms with Crippen molar-refractivity contribution < 1.29 is 5.11 Å². The van der Waals surface area contributed by atoms with E-state index in [4.69, 9.17) is 0 Å². The average molecular weight is 311 g/mol. The molecule has 23 heavy (non-hydrogen) atoms. The molecule has 1 aliphatic rings. The summed E-state index contributed by atoms with van der Waals surface area (Å²) in [4.78, 5) is 6.84. The van der Waals surface area contributed by atoms with Gasteiger partial charge in [0, 0.05) is 31.5 Å². The minimum absolute atomic E-state index is 0.121. The zero-order valence-corrected chi connectivity index (χ0v) is 13.7. The van der Waals surface area contributed by atoms with Crippen LogP contribution in [0.2, 0.25) is 0 Å². The first-order valence-electron chi connectivity index (χ1n) is 8.38. The smallest absolute Gasteiger partial charge is 0.0657 e. The number of hydrogen-bond acceptors (Lipinski definition) is 4. The van der Waals surface area contributed by atoms with Crippen molar-refractivity contribution >= 4 is 5.69 Å². The Kier molecular flexibility index (Phi) is 5.26. The summed E-state index contributed by atoms with van der Waals surface area (Å²) in [6.45, 7) is 4.98.